The maximum Gasteiger partial charge on any atom is 0.0736 e. The molecule has 0 fully saturated rings. The first-order valence-corrected chi connectivity index (χ1v) is 8.40. The molecule has 0 aliphatic heterocycles. The SMILES string of the molecule is Cc1cc(/C=N\Nc2ccccc2C(=O)[O-])c(C)n1-c1ccccc1Cl. The van der Waals surface area contributed by atoms with Crippen molar-refractivity contribution in [1.82, 2.24) is 4.57 Å². The molecule has 3 rings (SSSR count). The Morgan fingerprint density at radius 3 is 2.58 bits per heavy atom. The van der Waals surface area contributed by atoms with Crippen molar-refractivity contribution in [3.63, 3.8) is 0 Å². The Labute approximate surface area is 156 Å². The standard InChI is InChI=1S/C20H18ClN3O2/c1-13-11-15(14(2)24(13)19-10-6-4-8-17(19)21)12-22-23-18-9-5-3-7-16(18)20(25)26/h3-12,23H,1-2H3,(H,25,26)/p-1/b22-12-. The Kier molecular flexibility index (Phi) is 5.09. The molecule has 1 N–H and O–H groups in total. The van der Waals surface area contributed by atoms with Gasteiger partial charge in [0.25, 0.3) is 0 Å². The minimum absolute atomic E-state index is 0.0613. The number of aromatic nitrogens is 1. The molecule has 2 aromatic carbocycles. The molecule has 0 spiro atoms. The lowest BCUT2D eigenvalue weighted by molar-refractivity contribution is -0.254. The van der Waals surface area contributed by atoms with Crippen LogP contribution in [0, 0.1) is 13.8 Å². The molecule has 0 atom stereocenters. The first-order chi connectivity index (χ1) is 12.5. The van der Waals surface area contributed by atoms with Gasteiger partial charge in [0.15, 0.2) is 0 Å². The molecule has 3 aromatic rings. The van der Waals surface area contributed by atoms with E-state index in [9.17, 15) is 9.90 Å². The number of carbonyl (C=O) groups is 1. The predicted molar refractivity (Wildman–Crippen MR) is 102 cm³/mol. The van der Waals surface area contributed by atoms with Crippen molar-refractivity contribution >= 4 is 29.5 Å². The average Bonchev–Trinajstić information content (AvgIpc) is 2.90. The third-order valence-electron chi connectivity index (χ3n) is 4.10. The zero-order chi connectivity index (χ0) is 18.7. The maximum atomic E-state index is 11.1. The average molecular weight is 367 g/mol. The summed E-state index contributed by atoms with van der Waals surface area (Å²) in [4.78, 5) is 11.1. The Balaban J connectivity index is 1.88. The molecule has 6 heteroatoms. The van der Waals surface area contributed by atoms with Crippen LogP contribution in [0.5, 0.6) is 0 Å². The molecule has 0 radical (unpaired) electrons. The summed E-state index contributed by atoms with van der Waals surface area (Å²) in [6.45, 7) is 3.97. The summed E-state index contributed by atoms with van der Waals surface area (Å²) in [6.07, 6.45) is 1.65. The first kappa shape index (κ1) is 17.8. The van der Waals surface area contributed by atoms with Crippen LogP contribution in [0.2, 0.25) is 5.02 Å². The summed E-state index contributed by atoms with van der Waals surface area (Å²) in [5.74, 6) is -1.25. The van der Waals surface area contributed by atoms with Crippen molar-refractivity contribution in [3.05, 3.63) is 82.1 Å². The fourth-order valence-electron chi connectivity index (χ4n) is 2.85. The summed E-state index contributed by atoms with van der Waals surface area (Å²) >= 11 is 6.32. The van der Waals surface area contributed by atoms with Gasteiger partial charge in [-0.1, -0.05) is 41.9 Å². The monoisotopic (exact) mass is 366 g/mol. The van der Waals surface area contributed by atoms with Crippen LogP contribution in [0.4, 0.5) is 5.69 Å². The van der Waals surface area contributed by atoms with Gasteiger partial charge < -0.3 is 14.5 Å². The zero-order valence-corrected chi connectivity index (χ0v) is 15.1. The minimum atomic E-state index is -1.25. The molecule has 132 valence electrons. The second-order valence-electron chi connectivity index (χ2n) is 5.82. The van der Waals surface area contributed by atoms with Crippen molar-refractivity contribution < 1.29 is 9.90 Å². The van der Waals surface area contributed by atoms with Crippen LogP contribution in [0.25, 0.3) is 5.69 Å². The van der Waals surface area contributed by atoms with E-state index >= 15 is 0 Å². The number of rotatable bonds is 5. The van der Waals surface area contributed by atoms with Crippen LogP contribution in [0.1, 0.15) is 27.3 Å². The topological polar surface area (TPSA) is 69.4 Å². The van der Waals surface area contributed by atoms with Gasteiger partial charge in [0.05, 0.1) is 28.6 Å². The van der Waals surface area contributed by atoms with E-state index in [1.54, 1.807) is 24.4 Å². The number of benzene rings is 2. The van der Waals surface area contributed by atoms with E-state index in [0.29, 0.717) is 10.7 Å². The van der Waals surface area contributed by atoms with Gasteiger partial charge in [0.1, 0.15) is 0 Å². The zero-order valence-electron chi connectivity index (χ0n) is 14.4. The number of carboxylic acid groups (broad SMARTS) is 1. The lowest BCUT2D eigenvalue weighted by Crippen LogP contribution is -2.23. The largest absolute Gasteiger partial charge is 0.545 e. The van der Waals surface area contributed by atoms with Crippen LogP contribution in [-0.4, -0.2) is 16.8 Å². The Hall–Kier alpha value is -3.05. The number of hydrogen-bond acceptors (Lipinski definition) is 4. The van der Waals surface area contributed by atoms with Gasteiger partial charge in [-0.25, -0.2) is 0 Å². The van der Waals surface area contributed by atoms with Gasteiger partial charge in [-0.2, -0.15) is 5.10 Å². The van der Waals surface area contributed by atoms with Crippen LogP contribution < -0.4 is 10.5 Å². The molecule has 0 unspecified atom stereocenters. The van der Waals surface area contributed by atoms with Gasteiger partial charge in [0, 0.05) is 22.5 Å². The number of carboxylic acids is 1. The number of nitrogens with one attached hydrogen (secondary N) is 1. The number of anilines is 1. The number of aromatic carboxylic acids is 1. The number of halogens is 1. The Morgan fingerprint density at radius 2 is 1.85 bits per heavy atom. The van der Waals surface area contributed by atoms with Gasteiger partial charge >= 0.3 is 0 Å². The van der Waals surface area contributed by atoms with E-state index < -0.39 is 5.97 Å². The van der Waals surface area contributed by atoms with E-state index in [2.05, 4.69) is 15.1 Å². The van der Waals surface area contributed by atoms with Crippen LogP contribution >= 0.6 is 11.6 Å². The first-order valence-electron chi connectivity index (χ1n) is 8.02. The number of nitrogens with zero attached hydrogens (tertiary/aromatic N) is 2. The number of para-hydroxylation sites is 2. The molecule has 0 bridgehead atoms. The second kappa shape index (κ2) is 7.45. The highest BCUT2D eigenvalue weighted by Crippen LogP contribution is 2.25. The van der Waals surface area contributed by atoms with Gasteiger partial charge in [-0.15, -0.1) is 0 Å². The molecular formula is C20H17ClN3O2-. The molecule has 26 heavy (non-hydrogen) atoms. The second-order valence-corrected chi connectivity index (χ2v) is 6.22. The van der Waals surface area contributed by atoms with Crippen molar-refractivity contribution in [2.75, 3.05) is 5.43 Å². The van der Waals surface area contributed by atoms with Gasteiger partial charge in [-0.3, -0.25) is 5.43 Å². The molecule has 1 heterocycles. The molecular weight excluding hydrogens is 350 g/mol. The van der Waals surface area contributed by atoms with Crippen molar-refractivity contribution in [1.29, 1.82) is 0 Å². The molecule has 5 nitrogen and oxygen atoms in total. The van der Waals surface area contributed by atoms with E-state index in [1.807, 2.05) is 44.2 Å². The maximum absolute atomic E-state index is 11.1. The summed E-state index contributed by atoms with van der Waals surface area (Å²) in [7, 11) is 0. The van der Waals surface area contributed by atoms with Crippen molar-refractivity contribution in [3.8, 4) is 5.69 Å². The Bertz CT molecular complexity index is 992. The number of aryl methyl sites for hydroxylation is 1. The number of carbonyl (C=O) groups excluding carboxylic acids is 1. The van der Waals surface area contributed by atoms with Crippen molar-refractivity contribution in [2.24, 2.45) is 5.10 Å². The Morgan fingerprint density at radius 1 is 1.15 bits per heavy atom. The third-order valence-corrected chi connectivity index (χ3v) is 4.42. The predicted octanol–water partition coefficient (Wildman–Crippen LogP) is 3.56. The fourth-order valence-corrected chi connectivity index (χ4v) is 3.07. The number of hydrazone groups is 1. The number of hydrogen-bond donors (Lipinski definition) is 1. The van der Waals surface area contributed by atoms with Crippen LogP contribution in [-0.2, 0) is 0 Å². The summed E-state index contributed by atoms with van der Waals surface area (Å²) < 4.78 is 2.05. The summed E-state index contributed by atoms with van der Waals surface area (Å²) in [5, 5.41) is 16.0. The molecule has 0 aliphatic rings. The van der Waals surface area contributed by atoms with Crippen LogP contribution in [0.3, 0.4) is 0 Å². The van der Waals surface area contributed by atoms with E-state index in [4.69, 9.17) is 11.6 Å². The molecule has 1 aromatic heterocycles. The molecule has 0 saturated heterocycles. The summed E-state index contributed by atoms with van der Waals surface area (Å²) in [5.41, 5.74) is 7.01. The fraction of sp³-hybridized carbons (Fsp3) is 0.100. The molecule has 0 saturated carbocycles. The normalized spacial score (nSPS) is 11.0. The smallest absolute Gasteiger partial charge is 0.0736 e. The van der Waals surface area contributed by atoms with Crippen LogP contribution in [0.15, 0.2) is 59.7 Å². The van der Waals surface area contributed by atoms with E-state index in [-0.39, 0.29) is 5.56 Å². The molecule has 0 amide bonds. The van der Waals surface area contributed by atoms with E-state index in [0.717, 1.165) is 22.6 Å². The molecule has 0 aliphatic carbocycles. The highest BCUT2D eigenvalue weighted by Gasteiger charge is 2.11. The highest BCUT2D eigenvalue weighted by atomic mass is 35.5. The highest BCUT2D eigenvalue weighted by molar-refractivity contribution is 6.32. The summed E-state index contributed by atoms with van der Waals surface area (Å²) in [6, 6.07) is 16.1. The minimum Gasteiger partial charge on any atom is -0.545 e. The van der Waals surface area contributed by atoms with Gasteiger partial charge in [0.2, 0.25) is 0 Å². The van der Waals surface area contributed by atoms with Gasteiger partial charge in [-0.05, 0) is 38.1 Å². The third kappa shape index (κ3) is 3.48. The van der Waals surface area contributed by atoms with Crippen molar-refractivity contribution in [2.45, 2.75) is 13.8 Å². The van der Waals surface area contributed by atoms with E-state index in [1.165, 1.54) is 6.07 Å². The quantitative estimate of drug-likeness (QED) is 0.554. The lowest BCUT2D eigenvalue weighted by Gasteiger charge is -2.11. The lowest BCUT2D eigenvalue weighted by atomic mass is 10.2.